The van der Waals surface area contributed by atoms with Crippen LogP contribution in [0.5, 0.6) is 0 Å². The first kappa shape index (κ1) is 12.9. The summed E-state index contributed by atoms with van der Waals surface area (Å²) in [6.07, 6.45) is 0. The van der Waals surface area contributed by atoms with Gasteiger partial charge in [0.15, 0.2) is 0 Å². The third-order valence-electron chi connectivity index (χ3n) is 2.53. The topological polar surface area (TPSA) is 73.5 Å². The molecular formula is C10H20N4O2. The predicted molar refractivity (Wildman–Crippen MR) is 61.0 cm³/mol. The molecule has 0 aromatic heterocycles. The van der Waals surface area contributed by atoms with Crippen LogP contribution in [-0.2, 0) is 9.59 Å². The van der Waals surface area contributed by atoms with Gasteiger partial charge in [-0.1, -0.05) is 0 Å². The van der Waals surface area contributed by atoms with E-state index < -0.39 is 6.04 Å². The molecule has 2 unspecified atom stereocenters. The number of carbonyl (C=O) groups excluding carboxylic acids is 2. The number of likely N-dealkylation sites (N-methyl/N-ethyl adjacent to an activating group) is 1. The van der Waals surface area contributed by atoms with Crippen molar-refractivity contribution in [2.45, 2.75) is 19.0 Å². The van der Waals surface area contributed by atoms with Crippen molar-refractivity contribution in [2.24, 2.45) is 0 Å². The number of hydrogen-bond acceptors (Lipinski definition) is 4. The lowest BCUT2D eigenvalue weighted by molar-refractivity contribution is -0.134. The molecule has 1 heterocycles. The van der Waals surface area contributed by atoms with Crippen LogP contribution in [-0.4, -0.2) is 62.5 Å². The zero-order valence-corrected chi connectivity index (χ0v) is 10.0. The van der Waals surface area contributed by atoms with Gasteiger partial charge in [0.05, 0.1) is 6.04 Å². The SMILES string of the molecule is CC(NC(=O)C1CNCCN1)C(=O)N(C)C. The van der Waals surface area contributed by atoms with E-state index in [4.69, 9.17) is 0 Å². The standard InChI is InChI=1S/C10H20N4O2/c1-7(10(16)14(2)3)13-9(15)8-6-11-4-5-12-8/h7-8,11-12H,4-6H2,1-3H3,(H,13,15). The number of amides is 2. The van der Waals surface area contributed by atoms with Crippen LogP contribution in [0.15, 0.2) is 0 Å². The van der Waals surface area contributed by atoms with Crippen molar-refractivity contribution in [1.29, 1.82) is 0 Å². The Morgan fingerprint density at radius 1 is 1.38 bits per heavy atom. The molecule has 6 nitrogen and oxygen atoms in total. The van der Waals surface area contributed by atoms with Gasteiger partial charge < -0.3 is 20.9 Å². The van der Waals surface area contributed by atoms with E-state index in [9.17, 15) is 9.59 Å². The highest BCUT2D eigenvalue weighted by atomic mass is 16.2. The summed E-state index contributed by atoms with van der Waals surface area (Å²) in [6, 6.07) is -0.725. The van der Waals surface area contributed by atoms with Crippen molar-refractivity contribution in [2.75, 3.05) is 33.7 Å². The molecule has 0 bridgehead atoms. The Morgan fingerprint density at radius 2 is 2.06 bits per heavy atom. The van der Waals surface area contributed by atoms with Gasteiger partial charge in [0, 0.05) is 33.7 Å². The van der Waals surface area contributed by atoms with Gasteiger partial charge in [-0.2, -0.15) is 0 Å². The van der Waals surface area contributed by atoms with Crippen LogP contribution in [0.1, 0.15) is 6.92 Å². The van der Waals surface area contributed by atoms with Gasteiger partial charge in [-0.15, -0.1) is 0 Å². The van der Waals surface area contributed by atoms with E-state index in [-0.39, 0.29) is 17.9 Å². The third kappa shape index (κ3) is 3.46. The van der Waals surface area contributed by atoms with E-state index in [1.165, 1.54) is 4.90 Å². The Kier molecular flexibility index (Phi) is 4.70. The molecule has 6 heteroatoms. The highest BCUT2D eigenvalue weighted by Crippen LogP contribution is 1.92. The molecular weight excluding hydrogens is 208 g/mol. The van der Waals surface area contributed by atoms with Crippen molar-refractivity contribution >= 4 is 11.8 Å². The van der Waals surface area contributed by atoms with Gasteiger partial charge in [-0.25, -0.2) is 0 Å². The number of nitrogens with one attached hydrogen (secondary N) is 3. The lowest BCUT2D eigenvalue weighted by atomic mass is 10.2. The normalized spacial score (nSPS) is 22.3. The van der Waals surface area contributed by atoms with Gasteiger partial charge in [0.25, 0.3) is 0 Å². The molecule has 1 fully saturated rings. The quantitative estimate of drug-likeness (QED) is 0.530. The van der Waals surface area contributed by atoms with Crippen LogP contribution in [0.2, 0.25) is 0 Å². The fourth-order valence-corrected chi connectivity index (χ4v) is 1.60. The summed E-state index contributed by atoms with van der Waals surface area (Å²) < 4.78 is 0. The predicted octanol–water partition coefficient (Wildman–Crippen LogP) is -1.86. The molecule has 1 aliphatic rings. The summed E-state index contributed by atoms with van der Waals surface area (Å²) in [5, 5.41) is 8.91. The second-order valence-electron chi connectivity index (χ2n) is 4.17. The summed E-state index contributed by atoms with van der Waals surface area (Å²) in [5.41, 5.74) is 0. The maximum absolute atomic E-state index is 11.8. The van der Waals surface area contributed by atoms with Crippen LogP contribution in [0.25, 0.3) is 0 Å². The second-order valence-corrected chi connectivity index (χ2v) is 4.17. The van der Waals surface area contributed by atoms with E-state index in [0.29, 0.717) is 6.54 Å². The van der Waals surface area contributed by atoms with E-state index in [1.54, 1.807) is 21.0 Å². The maximum Gasteiger partial charge on any atom is 0.244 e. The molecule has 0 radical (unpaired) electrons. The van der Waals surface area contributed by atoms with E-state index in [1.807, 2.05) is 0 Å². The maximum atomic E-state index is 11.8. The van der Waals surface area contributed by atoms with Gasteiger partial charge in [-0.05, 0) is 6.92 Å². The van der Waals surface area contributed by atoms with E-state index in [2.05, 4.69) is 16.0 Å². The summed E-state index contributed by atoms with van der Waals surface area (Å²) in [5.74, 6) is -0.230. The van der Waals surface area contributed by atoms with Gasteiger partial charge >= 0.3 is 0 Å². The molecule has 0 aliphatic carbocycles. The fourth-order valence-electron chi connectivity index (χ4n) is 1.60. The zero-order chi connectivity index (χ0) is 12.1. The van der Waals surface area contributed by atoms with Crippen molar-refractivity contribution in [3.8, 4) is 0 Å². The molecule has 3 N–H and O–H groups in total. The minimum Gasteiger partial charge on any atom is -0.347 e. The summed E-state index contributed by atoms with van der Waals surface area (Å²) in [6.45, 7) is 3.94. The first-order valence-corrected chi connectivity index (χ1v) is 5.48. The van der Waals surface area contributed by atoms with Gasteiger partial charge in [0.1, 0.15) is 6.04 Å². The number of rotatable bonds is 3. The van der Waals surface area contributed by atoms with Crippen LogP contribution in [0.4, 0.5) is 0 Å². The monoisotopic (exact) mass is 228 g/mol. The molecule has 0 aromatic rings. The number of nitrogens with zero attached hydrogens (tertiary/aromatic N) is 1. The lowest BCUT2D eigenvalue weighted by Crippen LogP contribution is -2.58. The molecule has 1 saturated heterocycles. The molecule has 16 heavy (non-hydrogen) atoms. The van der Waals surface area contributed by atoms with Gasteiger partial charge in [-0.3, -0.25) is 9.59 Å². The Labute approximate surface area is 95.8 Å². The van der Waals surface area contributed by atoms with Crippen LogP contribution in [0, 0.1) is 0 Å². The molecule has 92 valence electrons. The average molecular weight is 228 g/mol. The molecule has 1 rings (SSSR count). The molecule has 0 spiro atoms. The molecule has 0 aromatic carbocycles. The Morgan fingerprint density at radius 3 is 2.56 bits per heavy atom. The highest BCUT2D eigenvalue weighted by molar-refractivity contribution is 5.89. The Hall–Kier alpha value is -1.14. The number of piperazine rings is 1. The highest BCUT2D eigenvalue weighted by Gasteiger charge is 2.24. The Balaban J connectivity index is 2.40. The molecule has 1 aliphatic heterocycles. The number of hydrogen-bond donors (Lipinski definition) is 3. The molecule has 2 amide bonds. The first-order valence-electron chi connectivity index (χ1n) is 5.48. The fraction of sp³-hybridized carbons (Fsp3) is 0.800. The molecule has 0 saturated carbocycles. The summed E-state index contributed by atoms with van der Waals surface area (Å²) >= 11 is 0. The van der Waals surface area contributed by atoms with Gasteiger partial charge in [0.2, 0.25) is 11.8 Å². The first-order chi connectivity index (χ1) is 7.52. The van der Waals surface area contributed by atoms with E-state index in [0.717, 1.165) is 13.1 Å². The second kappa shape index (κ2) is 5.81. The van der Waals surface area contributed by atoms with Crippen LogP contribution >= 0.6 is 0 Å². The minimum absolute atomic E-state index is 0.0999. The van der Waals surface area contributed by atoms with Crippen molar-refractivity contribution < 1.29 is 9.59 Å². The largest absolute Gasteiger partial charge is 0.347 e. The average Bonchev–Trinajstić information content (AvgIpc) is 2.28. The Bertz CT molecular complexity index is 262. The van der Waals surface area contributed by atoms with Crippen LogP contribution in [0.3, 0.4) is 0 Å². The smallest absolute Gasteiger partial charge is 0.244 e. The minimum atomic E-state index is -0.480. The summed E-state index contributed by atoms with van der Waals surface area (Å²) in [7, 11) is 3.34. The van der Waals surface area contributed by atoms with Crippen molar-refractivity contribution in [1.82, 2.24) is 20.9 Å². The lowest BCUT2D eigenvalue weighted by Gasteiger charge is -2.25. The van der Waals surface area contributed by atoms with E-state index >= 15 is 0 Å². The summed E-state index contributed by atoms with van der Waals surface area (Å²) in [4.78, 5) is 24.8. The third-order valence-corrected chi connectivity index (χ3v) is 2.53. The van der Waals surface area contributed by atoms with Crippen molar-refractivity contribution in [3.05, 3.63) is 0 Å². The van der Waals surface area contributed by atoms with Crippen LogP contribution < -0.4 is 16.0 Å². The zero-order valence-electron chi connectivity index (χ0n) is 10.0. The van der Waals surface area contributed by atoms with Crippen molar-refractivity contribution in [3.63, 3.8) is 0 Å². The molecule has 2 atom stereocenters. The number of carbonyl (C=O) groups is 2.